The van der Waals surface area contributed by atoms with E-state index < -0.39 is 23.6 Å². The molecule has 0 fully saturated rings. The number of nitro benzene ring substituents is 1. The van der Waals surface area contributed by atoms with Crippen molar-refractivity contribution in [3.63, 3.8) is 0 Å². The van der Waals surface area contributed by atoms with Crippen LogP contribution >= 0.6 is 0 Å². The van der Waals surface area contributed by atoms with E-state index in [0.29, 0.717) is 5.56 Å². The van der Waals surface area contributed by atoms with Gasteiger partial charge in [0.1, 0.15) is 12.4 Å². The van der Waals surface area contributed by atoms with Gasteiger partial charge >= 0.3 is 6.18 Å². The Kier molecular flexibility index (Phi) is 4.55. The molecule has 1 rings (SSSR count). The van der Waals surface area contributed by atoms with E-state index >= 15 is 0 Å². The summed E-state index contributed by atoms with van der Waals surface area (Å²) in [7, 11) is 0. The molecule has 1 atom stereocenters. The van der Waals surface area contributed by atoms with Crippen LogP contribution in [0, 0.1) is 41.2 Å². The number of benzene rings is 1. The van der Waals surface area contributed by atoms with Crippen molar-refractivity contribution in [3.05, 3.63) is 33.4 Å². The maximum Gasteiger partial charge on any atom is 0.407 e. The normalized spacial score (nSPS) is 12.6. The highest BCUT2D eigenvalue weighted by molar-refractivity contribution is 5.49. The Labute approximate surface area is 112 Å². The molecule has 0 bridgehead atoms. The summed E-state index contributed by atoms with van der Waals surface area (Å²) < 4.78 is 42.1. The topological polar surface area (TPSA) is 76.2 Å². The van der Waals surface area contributed by atoms with E-state index in [0.717, 1.165) is 6.07 Å². The minimum Gasteiger partial charge on any atom is -0.492 e. The van der Waals surface area contributed by atoms with Crippen molar-refractivity contribution in [2.45, 2.75) is 20.0 Å². The quantitative estimate of drug-likeness (QED) is 0.629. The Morgan fingerprint density at radius 3 is 2.45 bits per heavy atom. The first-order chi connectivity index (χ1) is 9.16. The van der Waals surface area contributed by atoms with Gasteiger partial charge in [0.05, 0.1) is 11.0 Å². The minimum absolute atomic E-state index is 0.0950. The Morgan fingerprint density at radius 1 is 1.40 bits per heavy atom. The number of nitrogens with zero attached hydrogens (tertiary/aromatic N) is 2. The molecule has 1 unspecified atom stereocenters. The third-order valence-electron chi connectivity index (χ3n) is 2.65. The van der Waals surface area contributed by atoms with Crippen LogP contribution in [0.3, 0.4) is 0 Å². The number of ether oxygens (including phenoxy) is 1. The fourth-order valence-corrected chi connectivity index (χ4v) is 1.50. The van der Waals surface area contributed by atoms with Crippen molar-refractivity contribution in [2.24, 2.45) is 5.92 Å². The molecule has 1 aromatic rings. The number of nitro groups is 1. The molecule has 8 heteroatoms. The molecule has 0 amide bonds. The van der Waals surface area contributed by atoms with E-state index in [1.54, 1.807) is 0 Å². The van der Waals surface area contributed by atoms with Gasteiger partial charge in [0.2, 0.25) is 0 Å². The highest BCUT2D eigenvalue weighted by Gasteiger charge is 2.40. The first-order valence-corrected chi connectivity index (χ1v) is 5.51. The summed E-state index contributed by atoms with van der Waals surface area (Å²) in [6.45, 7) is 2.09. The Morgan fingerprint density at radius 2 is 2.00 bits per heavy atom. The van der Waals surface area contributed by atoms with E-state index in [2.05, 4.69) is 0 Å². The second-order valence-corrected chi connectivity index (χ2v) is 4.20. The van der Waals surface area contributed by atoms with Crippen LogP contribution in [0.25, 0.3) is 0 Å². The van der Waals surface area contributed by atoms with Crippen LogP contribution in [0.5, 0.6) is 5.75 Å². The fourth-order valence-electron chi connectivity index (χ4n) is 1.50. The first-order valence-electron chi connectivity index (χ1n) is 5.51. The van der Waals surface area contributed by atoms with Gasteiger partial charge in [-0.25, -0.2) is 0 Å². The van der Waals surface area contributed by atoms with Crippen molar-refractivity contribution in [1.29, 1.82) is 5.26 Å². The smallest absolute Gasteiger partial charge is 0.407 e. The van der Waals surface area contributed by atoms with E-state index in [-0.39, 0.29) is 17.0 Å². The molecule has 5 nitrogen and oxygen atoms in total. The number of rotatable bonds is 4. The lowest BCUT2D eigenvalue weighted by atomic mass is 10.1. The van der Waals surface area contributed by atoms with Crippen molar-refractivity contribution < 1.29 is 22.8 Å². The van der Waals surface area contributed by atoms with Gasteiger partial charge in [-0.05, 0) is 25.5 Å². The summed E-state index contributed by atoms with van der Waals surface area (Å²) in [4.78, 5) is 10.1. The first kappa shape index (κ1) is 15.8. The summed E-state index contributed by atoms with van der Waals surface area (Å²) in [5.41, 5.74) is 0.472. The lowest BCUT2D eigenvalue weighted by Gasteiger charge is -2.15. The zero-order chi connectivity index (χ0) is 15.5. The molecule has 0 heterocycles. The molecular weight excluding hydrogens is 277 g/mol. The maximum atomic E-state index is 12.4. The van der Waals surface area contributed by atoms with Gasteiger partial charge in [0, 0.05) is 11.6 Å². The van der Waals surface area contributed by atoms with E-state index in [1.807, 2.05) is 0 Å². The number of halogens is 3. The minimum atomic E-state index is -4.67. The average molecular weight is 288 g/mol. The predicted octanol–water partition coefficient (Wildman–Crippen LogP) is 3.29. The van der Waals surface area contributed by atoms with Crippen LogP contribution in [0.15, 0.2) is 12.1 Å². The second-order valence-electron chi connectivity index (χ2n) is 4.20. The third-order valence-corrected chi connectivity index (χ3v) is 2.65. The van der Waals surface area contributed by atoms with Crippen LogP contribution < -0.4 is 4.74 Å². The standard InChI is InChI=1S/C12H11F3N2O3/c1-7-4-11(8(2)3-10(7)17(18)19)20-6-9(5-16)12(13,14)15/h3-4,9H,6H2,1-2H3. The molecule has 0 N–H and O–H groups in total. The van der Waals surface area contributed by atoms with E-state index in [1.165, 1.54) is 26.0 Å². The number of alkyl halides is 3. The highest BCUT2D eigenvalue weighted by Crippen LogP contribution is 2.30. The van der Waals surface area contributed by atoms with Crippen molar-refractivity contribution in [2.75, 3.05) is 6.61 Å². The molecule has 1 aromatic carbocycles. The van der Waals surface area contributed by atoms with Crippen LogP contribution in [0.2, 0.25) is 0 Å². The second kappa shape index (κ2) is 5.77. The summed E-state index contributed by atoms with van der Waals surface area (Å²) in [5, 5.41) is 19.1. The molecule has 0 aliphatic carbocycles. The number of hydrogen-bond donors (Lipinski definition) is 0. The Hall–Kier alpha value is -2.30. The number of hydrogen-bond acceptors (Lipinski definition) is 4. The third kappa shape index (κ3) is 3.60. The zero-order valence-electron chi connectivity index (χ0n) is 10.7. The average Bonchev–Trinajstić information content (AvgIpc) is 2.31. The molecule has 0 aromatic heterocycles. The number of aryl methyl sites for hydroxylation is 2. The monoisotopic (exact) mass is 288 g/mol. The Balaban J connectivity index is 2.93. The maximum absolute atomic E-state index is 12.4. The van der Waals surface area contributed by atoms with Gasteiger partial charge in [-0.1, -0.05) is 0 Å². The summed E-state index contributed by atoms with van der Waals surface area (Å²) >= 11 is 0. The van der Waals surface area contributed by atoms with Crippen molar-refractivity contribution >= 4 is 5.69 Å². The van der Waals surface area contributed by atoms with Gasteiger partial charge in [-0.2, -0.15) is 18.4 Å². The fraction of sp³-hybridized carbons (Fsp3) is 0.417. The van der Waals surface area contributed by atoms with E-state index in [9.17, 15) is 23.3 Å². The largest absolute Gasteiger partial charge is 0.492 e. The molecule has 0 spiro atoms. The molecule has 20 heavy (non-hydrogen) atoms. The highest BCUT2D eigenvalue weighted by atomic mass is 19.4. The van der Waals surface area contributed by atoms with Crippen molar-refractivity contribution in [1.82, 2.24) is 0 Å². The van der Waals surface area contributed by atoms with Crippen LogP contribution in [-0.2, 0) is 0 Å². The van der Waals surface area contributed by atoms with Crippen LogP contribution in [0.4, 0.5) is 18.9 Å². The predicted molar refractivity (Wildman–Crippen MR) is 63.2 cm³/mol. The molecule has 0 saturated heterocycles. The van der Waals surface area contributed by atoms with Crippen LogP contribution in [-0.4, -0.2) is 17.7 Å². The molecular formula is C12H11F3N2O3. The van der Waals surface area contributed by atoms with Gasteiger partial charge in [-0.3, -0.25) is 10.1 Å². The summed E-state index contributed by atoms with van der Waals surface area (Å²) in [5.74, 6) is -2.14. The summed E-state index contributed by atoms with van der Waals surface area (Å²) in [6.07, 6.45) is -4.67. The van der Waals surface area contributed by atoms with Gasteiger partial charge in [-0.15, -0.1) is 0 Å². The van der Waals surface area contributed by atoms with Crippen molar-refractivity contribution in [3.8, 4) is 11.8 Å². The zero-order valence-corrected chi connectivity index (χ0v) is 10.7. The molecule has 0 radical (unpaired) electrons. The lowest BCUT2D eigenvalue weighted by Crippen LogP contribution is -2.27. The molecule has 0 aliphatic heterocycles. The molecule has 0 saturated carbocycles. The number of nitriles is 1. The van der Waals surface area contributed by atoms with E-state index in [4.69, 9.17) is 10.00 Å². The molecule has 108 valence electrons. The van der Waals surface area contributed by atoms with Gasteiger partial charge < -0.3 is 4.74 Å². The SMILES string of the molecule is Cc1cc([N+](=O)[O-])c(C)cc1OCC(C#N)C(F)(F)F. The summed E-state index contributed by atoms with van der Waals surface area (Å²) in [6, 6.07) is 3.63. The van der Waals surface area contributed by atoms with Crippen LogP contribution in [0.1, 0.15) is 11.1 Å². The van der Waals surface area contributed by atoms with Gasteiger partial charge in [0.25, 0.3) is 5.69 Å². The molecule has 0 aliphatic rings. The van der Waals surface area contributed by atoms with Gasteiger partial charge in [0.15, 0.2) is 5.92 Å². The Bertz CT molecular complexity index is 564. The lowest BCUT2D eigenvalue weighted by molar-refractivity contribution is -0.385.